The molecule has 1 aromatic heterocycles. The molecule has 0 aliphatic heterocycles. The van der Waals surface area contributed by atoms with Crippen LogP contribution in [0.25, 0.3) is 22.5 Å². The maximum Gasteiger partial charge on any atom is 0.227 e. The number of aryl methyl sites for hydroxylation is 1. The SMILES string of the molecule is O=C(CCc1nc(-c2ccc(-c3ccccc3)cc2)no1)NCc1ccccc1Cl. The third-order valence-electron chi connectivity index (χ3n) is 4.72. The van der Waals surface area contributed by atoms with Crippen molar-refractivity contribution < 1.29 is 9.32 Å². The van der Waals surface area contributed by atoms with Crippen molar-refractivity contribution in [2.45, 2.75) is 19.4 Å². The molecule has 0 aliphatic carbocycles. The van der Waals surface area contributed by atoms with Crippen LogP contribution in [0.4, 0.5) is 0 Å². The Labute approximate surface area is 179 Å². The number of nitrogens with zero attached hydrogens (tertiary/aromatic N) is 2. The zero-order valence-electron chi connectivity index (χ0n) is 16.2. The number of hydrogen-bond donors (Lipinski definition) is 1. The number of benzene rings is 3. The molecule has 0 spiro atoms. The number of hydrogen-bond acceptors (Lipinski definition) is 4. The Kier molecular flexibility index (Phi) is 6.20. The van der Waals surface area contributed by atoms with E-state index >= 15 is 0 Å². The molecule has 0 unspecified atom stereocenters. The lowest BCUT2D eigenvalue weighted by Crippen LogP contribution is -2.23. The standard InChI is InChI=1S/C24H20ClN3O2/c25-21-9-5-4-8-20(21)16-26-22(29)14-15-23-27-24(28-30-23)19-12-10-18(11-13-19)17-6-2-1-3-7-17/h1-13H,14-16H2,(H,26,29). The monoisotopic (exact) mass is 417 g/mol. The summed E-state index contributed by atoms with van der Waals surface area (Å²) in [7, 11) is 0. The van der Waals surface area contributed by atoms with E-state index in [9.17, 15) is 4.79 Å². The van der Waals surface area contributed by atoms with E-state index in [1.807, 2.05) is 60.7 Å². The minimum Gasteiger partial charge on any atom is -0.352 e. The zero-order valence-corrected chi connectivity index (χ0v) is 17.0. The third-order valence-corrected chi connectivity index (χ3v) is 5.09. The summed E-state index contributed by atoms with van der Waals surface area (Å²) in [5, 5.41) is 7.53. The summed E-state index contributed by atoms with van der Waals surface area (Å²) in [6.07, 6.45) is 0.641. The van der Waals surface area contributed by atoms with E-state index in [1.165, 1.54) is 0 Å². The minimum atomic E-state index is -0.0955. The van der Waals surface area contributed by atoms with E-state index in [0.717, 1.165) is 22.3 Å². The first-order valence-electron chi connectivity index (χ1n) is 9.67. The first-order chi connectivity index (χ1) is 14.7. The fourth-order valence-electron chi connectivity index (χ4n) is 3.06. The molecule has 5 nitrogen and oxygen atoms in total. The molecule has 4 rings (SSSR count). The lowest BCUT2D eigenvalue weighted by atomic mass is 10.0. The molecule has 1 amide bonds. The Bertz CT molecular complexity index is 1120. The number of rotatable bonds is 7. The lowest BCUT2D eigenvalue weighted by molar-refractivity contribution is -0.121. The zero-order chi connectivity index (χ0) is 20.8. The second-order valence-electron chi connectivity index (χ2n) is 6.82. The highest BCUT2D eigenvalue weighted by atomic mass is 35.5. The Balaban J connectivity index is 1.32. The summed E-state index contributed by atoms with van der Waals surface area (Å²) in [6, 6.07) is 25.6. The van der Waals surface area contributed by atoms with Gasteiger partial charge in [-0.25, -0.2) is 0 Å². The first kappa shape index (κ1) is 19.9. The van der Waals surface area contributed by atoms with Gasteiger partial charge in [0.05, 0.1) is 0 Å². The van der Waals surface area contributed by atoms with Crippen molar-refractivity contribution in [2.75, 3.05) is 0 Å². The van der Waals surface area contributed by atoms with Crippen LogP contribution in [0.2, 0.25) is 5.02 Å². The molecule has 30 heavy (non-hydrogen) atoms. The molecule has 0 aliphatic rings. The van der Waals surface area contributed by atoms with Crippen LogP contribution in [-0.2, 0) is 17.8 Å². The summed E-state index contributed by atoms with van der Waals surface area (Å²) in [5.41, 5.74) is 4.03. The summed E-state index contributed by atoms with van der Waals surface area (Å²) >= 11 is 6.10. The van der Waals surface area contributed by atoms with Gasteiger partial charge in [0.25, 0.3) is 0 Å². The largest absolute Gasteiger partial charge is 0.352 e. The number of aromatic nitrogens is 2. The van der Waals surface area contributed by atoms with E-state index < -0.39 is 0 Å². The summed E-state index contributed by atoms with van der Waals surface area (Å²) in [6.45, 7) is 0.390. The molecule has 0 radical (unpaired) electrons. The highest BCUT2D eigenvalue weighted by Gasteiger charge is 2.11. The average Bonchev–Trinajstić information content (AvgIpc) is 3.27. The van der Waals surface area contributed by atoms with Crippen LogP contribution in [-0.4, -0.2) is 16.0 Å². The summed E-state index contributed by atoms with van der Waals surface area (Å²) in [5.74, 6) is 0.855. The Hall–Kier alpha value is -3.44. The van der Waals surface area contributed by atoms with Crippen LogP contribution in [0, 0.1) is 0 Å². The molecule has 0 saturated carbocycles. The van der Waals surface area contributed by atoms with Crippen LogP contribution in [0.15, 0.2) is 83.4 Å². The second kappa shape index (κ2) is 9.37. The van der Waals surface area contributed by atoms with Crippen LogP contribution in [0.3, 0.4) is 0 Å². The highest BCUT2D eigenvalue weighted by molar-refractivity contribution is 6.31. The van der Waals surface area contributed by atoms with Gasteiger partial charge < -0.3 is 9.84 Å². The average molecular weight is 418 g/mol. The van der Waals surface area contributed by atoms with Gasteiger partial charge in [0.2, 0.25) is 17.6 Å². The van der Waals surface area contributed by atoms with Crippen molar-refractivity contribution in [2.24, 2.45) is 0 Å². The van der Waals surface area contributed by atoms with Crippen molar-refractivity contribution in [3.63, 3.8) is 0 Å². The van der Waals surface area contributed by atoms with Crippen molar-refractivity contribution >= 4 is 17.5 Å². The van der Waals surface area contributed by atoms with Crippen molar-refractivity contribution in [1.29, 1.82) is 0 Å². The Morgan fingerprint density at radius 3 is 2.30 bits per heavy atom. The molecular weight excluding hydrogens is 398 g/mol. The van der Waals surface area contributed by atoms with E-state index in [0.29, 0.717) is 29.7 Å². The molecule has 1 heterocycles. The van der Waals surface area contributed by atoms with E-state index in [-0.39, 0.29) is 12.3 Å². The third kappa shape index (κ3) is 4.93. The van der Waals surface area contributed by atoms with Gasteiger partial charge in [0, 0.05) is 30.0 Å². The van der Waals surface area contributed by atoms with Gasteiger partial charge in [-0.1, -0.05) is 89.6 Å². The van der Waals surface area contributed by atoms with Gasteiger partial charge in [-0.3, -0.25) is 4.79 Å². The van der Waals surface area contributed by atoms with Crippen molar-refractivity contribution in [3.05, 3.63) is 95.3 Å². The van der Waals surface area contributed by atoms with E-state index in [4.69, 9.17) is 16.1 Å². The van der Waals surface area contributed by atoms with Crippen LogP contribution >= 0.6 is 11.6 Å². The minimum absolute atomic E-state index is 0.0955. The Morgan fingerprint density at radius 2 is 1.53 bits per heavy atom. The number of nitrogens with one attached hydrogen (secondary N) is 1. The van der Waals surface area contributed by atoms with Crippen molar-refractivity contribution in [3.8, 4) is 22.5 Å². The molecule has 1 N–H and O–H groups in total. The summed E-state index contributed by atoms with van der Waals surface area (Å²) < 4.78 is 5.30. The predicted octanol–water partition coefficient (Wildman–Crippen LogP) is 5.31. The highest BCUT2D eigenvalue weighted by Crippen LogP contribution is 2.23. The normalized spacial score (nSPS) is 10.7. The van der Waals surface area contributed by atoms with Gasteiger partial charge in [-0.2, -0.15) is 4.98 Å². The van der Waals surface area contributed by atoms with Gasteiger partial charge in [0.15, 0.2) is 0 Å². The second-order valence-corrected chi connectivity index (χ2v) is 7.23. The first-order valence-corrected chi connectivity index (χ1v) is 10.1. The molecular formula is C24H20ClN3O2. The maximum atomic E-state index is 12.1. The molecule has 0 saturated heterocycles. The number of carbonyl (C=O) groups excluding carboxylic acids is 1. The molecule has 3 aromatic carbocycles. The maximum absolute atomic E-state index is 12.1. The fraction of sp³-hybridized carbons (Fsp3) is 0.125. The summed E-state index contributed by atoms with van der Waals surface area (Å²) in [4.78, 5) is 16.5. The molecule has 0 fully saturated rings. The van der Waals surface area contributed by atoms with Gasteiger partial charge in [-0.05, 0) is 22.8 Å². The van der Waals surface area contributed by atoms with Gasteiger partial charge in [-0.15, -0.1) is 0 Å². The number of carbonyl (C=O) groups is 1. The van der Waals surface area contributed by atoms with Crippen LogP contribution in [0.1, 0.15) is 17.9 Å². The predicted molar refractivity (Wildman–Crippen MR) is 117 cm³/mol. The molecule has 4 aromatic rings. The van der Waals surface area contributed by atoms with E-state index in [2.05, 4.69) is 27.6 Å². The topological polar surface area (TPSA) is 68.0 Å². The van der Waals surface area contributed by atoms with Gasteiger partial charge in [0.1, 0.15) is 0 Å². The molecule has 6 heteroatoms. The van der Waals surface area contributed by atoms with Crippen LogP contribution < -0.4 is 5.32 Å². The fourth-order valence-corrected chi connectivity index (χ4v) is 3.26. The lowest BCUT2D eigenvalue weighted by Gasteiger charge is -2.05. The van der Waals surface area contributed by atoms with Crippen LogP contribution in [0.5, 0.6) is 0 Å². The number of amides is 1. The van der Waals surface area contributed by atoms with Crippen molar-refractivity contribution in [1.82, 2.24) is 15.5 Å². The number of halogens is 1. The molecule has 0 atom stereocenters. The smallest absolute Gasteiger partial charge is 0.227 e. The Morgan fingerprint density at radius 1 is 0.867 bits per heavy atom. The molecule has 150 valence electrons. The quantitative estimate of drug-likeness (QED) is 0.442. The molecule has 0 bridgehead atoms. The van der Waals surface area contributed by atoms with Gasteiger partial charge >= 0.3 is 0 Å². The van der Waals surface area contributed by atoms with E-state index in [1.54, 1.807) is 6.07 Å².